The molecule has 0 fully saturated rings. The van der Waals surface area contributed by atoms with Gasteiger partial charge < -0.3 is 20.2 Å². The van der Waals surface area contributed by atoms with Crippen molar-refractivity contribution in [1.29, 1.82) is 10.5 Å². The molecule has 3 N–H and O–H groups in total. The van der Waals surface area contributed by atoms with Crippen LogP contribution in [0.3, 0.4) is 0 Å². The third-order valence-electron chi connectivity index (χ3n) is 3.44. The quantitative estimate of drug-likeness (QED) is 0.619. The van der Waals surface area contributed by atoms with Gasteiger partial charge in [-0.25, -0.2) is 0 Å². The number of nitro groups is 1. The number of nitrogens with one attached hydrogen (secondary N) is 1. The Bertz CT molecular complexity index is 1010. The molecule has 0 bridgehead atoms. The second kappa shape index (κ2) is 6.60. The summed E-state index contributed by atoms with van der Waals surface area (Å²) in [5, 5.41) is 30.3. The van der Waals surface area contributed by atoms with Crippen LogP contribution in [0.25, 0.3) is 11.1 Å². The third kappa shape index (κ3) is 2.68. The van der Waals surface area contributed by atoms with Gasteiger partial charge in [-0.3, -0.25) is 14.9 Å². The summed E-state index contributed by atoms with van der Waals surface area (Å²) in [7, 11) is 2.48. The Morgan fingerprint density at radius 1 is 1.12 bits per heavy atom. The van der Waals surface area contributed by atoms with Crippen LogP contribution in [0, 0.1) is 32.8 Å². The van der Waals surface area contributed by atoms with E-state index in [0.29, 0.717) is 0 Å². The highest BCUT2D eigenvalue weighted by Gasteiger charge is 2.31. The number of aromatic amines is 1. The summed E-state index contributed by atoms with van der Waals surface area (Å²) in [4.78, 5) is 25.1. The highest BCUT2D eigenvalue weighted by molar-refractivity contribution is 5.90. The number of nitrogens with two attached hydrogens (primary N) is 1. The van der Waals surface area contributed by atoms with Gasteiger partial charge in [0, 0.05) is 5.56 Å². The fourth-order valence-electron chi connectivity index (χ4n) is 2.40. The topological polar surface area (TPSA) is 168 Å². The minimum atomic E-state index is -0.881. The maximum absolute atomic E-state index is 12.1. The maximum Gasteiger partial charge on any atom is 0.322 e. The third-order valence-corrected chi connectivity index (χ3v) is 3.44. The summed E-state index contributed by atoms with van der Waals surface area (Å²) in [6, 6.07) is 6.07. The number of rotatable bonds is 4. The van der Waals surface area contributed by atoms with Crippen LogP contribution >= 0.6 is 0 Å². The molecule has 10 nitrogen and oxygen atoms in total. The number of benzene rings is 1. The van der Waals surface area contributed by atoms with Gasteiger partial charge in [0.25, 0.3) is 5.56 Å². The number of aromatic nitrogens is 1. The van der Waals surface area contributed by atoms with E-state index in [2.05, 4.69) is 4.98 Å². The molecule has 10 heteroatoms. The molecular formula is C15H11N5O5. The predicted molar refractivity (Wildman–Crippen MR) is 86.1 cm³/mol. The van der Waals surface area contributed by atoms with Crippen LogP contribution in [0.2, 0.25) is 0 Å². The van der Waals surface area contributed by atoms with Gasteiger partial charge in [-0.2, -0.15) is 10.5 Å². The van der Waals surface area contributed by atoms with Gasteiger partial charge in [0.15, 0.2) is 5.75 Å². The number of H-pyrrole nitrogens is 1. The smallest absolute Gasteiger partial charge is 0.322 e. The van der Waals surface area contributed by atoms with Gasteiger partial charge in [-0.05, 0) is 12.1 Å². The van der Waals surface area contributed by atoms with Crippen LogP contribution in [-0.2, 0) is 0 Å². The van der Waals surface area contributed by atoms with Crippen molar-refractivity contribution in [2.45, 2.75) is 0 Å². The summed E-state index contributed by atoms with van der Waals surface area (Å²) >= 11 is 0. The van der Waals surface area contributed by atoms with Crippen LogP contribution in [0.1, 0.15) is 11.1 Å². The zero-order valence-electron chi connectivity index (χ0n) is 13.1. The molecule has 126 valence electrons. The first kappa shape index (κ1) is 17.3. The second-order valence-corrected chi connectivity index (χ2v) is 4.67. The summed E-state index contributed by atoms with van der Waals surface area (Å²) in [5.74, 6) is -0.474. The average Bonchev–Trinajstić information content (AvgIpc) is 2.59. The normalized spacial score (nSPS) is 9.76. The Morgan fingerprint density at radius 2 is 1.68 bits per heavy atom. The van der Waals surface area contributed by atoms with E-state index in [4.69, 9.17) is 15.2 Å². The molecule has 1 heterocycles. The summed E-state index contributed by atoms with van der Waals surface area (Å²) in [5.41, 5.74) is 2.91. The molecule has 0 spiro atoms. The molecule has 0 atom stereocenters. The van der Waals surface area contributed by atoms with Gasteiger partial charge in [0.1, 0.15) is 40.4 Å². The van der Waals surface area contributed by atoms with E-state index in [0.717, 1.165) is 0 Å². The van der Waals surface area contributed by atoms with Crippen molar-refractivity contribution in [3.05, 3.63) is 43.7 Å². The van der Waals surface area contributed by atoms with Gasteiger partial charge in [0.2, 0.25) is 0 Å². The van der Waals surface area contributed by atoms with E-state index < -0.39 is 21.7 Å². The van der Waals surface area contributed by atoms with Crippen LogP contribution in [0.5, 0.6) is 11.5 Å². The number of nitriles is 2. The van der Waals surface area contributed by atoms with Crippen LogP contribution < -0.4 is 20.8 Å². The van der Waals surface area contributed by atoms with Gasteiger partial charge in [-0.15, -0.1) is 0 Å². The molecule has 1 aromatic carbocycles. The largest absolute Gasteiger partial charge is 0.496 e. The van der Waals surface area contributed by atoms with Crippen molar-refractivity contribution in [1.82, 2.24) is 4.98 Å². The molecule has 0 aliphatic rings. The first-order chi connectivity index (χ1) is 11.9. The number of hydrogen-bond acceptors (Lipinski definition) is 8. The molecule has 0 saturated carbocycles. The first-order valence-corrected chi connectivity index (χ1v) is 6.66. The number of pyridine rings is 1. The Morgan fingerprint density at radius 3 is 2.16 bits per heavy atom. The van der Waals surface area contributed by atoms with Crippen molar-refractivity contribution in [3.63, 3.8) is 0 Å². The van der Waals surface area contributed by atoms with Gasteiger partial charge >= 0.3 is 5.69 Å². The van der Waals surface area contributed by atoms with Gasteiger partial charge in [0.05, 0.1) is 19.1 Å². The van der Waals surface area contributed by atoms with E-state index in [1.54, 1.807) is 12.1 Å². The second-order valence-electron chi connectivity index (χ2n) is 4.67. The lowest BCUT2D eigenvalue weighted by molar-refractivity contribution is -0.385. The maximum atomic E-state index is 12.1. The SMILES string of the molecule is COc1ccc(OC)c([N+](=O)[O-])c1-c1c(C#N)c(N)[nH]c(=O)c1C#N. The monoisotopic (exact) mass is 341 g/mol. The fourth-order valence-corrected chi connectivity index (χ4v) is 2.40. The van der Waals surface area contributed by atoms with Crippen molar-refractivity contribution in [2.75, 3.05) is 20.0 Å². The Kier molecular flexibility index (Phi) is 4.57. The minimum Gasteiger partial charge on any atom is -0.496 e. The number of methoxy groups -OCH3 is 2. The Labute approximate surface area is 140 Å². The first-order valence-electron chi connectivity index (χ1n) is 6.66. The standard InChI is InChI=1S/C15H11N5O5/c1-24-9-3-4-10(25-2)13(20(22)23)12(9)11-7(5-16)14(18)19-15(21)8(11)6-17/h3-4H,1-2H3,(H3,18,19,21). The highest BCUT2D eigenvalue weighted by atomic mass is 16.6. The molecule has 25 heavy (non-hydrogen) atoms. The molecular weight excluding hydrogens is 330 g/mol. The number of nitro benzene ring substituents is 1. The van der Waals surface area contributed by atoms with E-state index in [1.807, 2.05) is 0 Å². The van der Waals surface area contributed by atoms with Crippen molar-refractivity contribution >= 4 is 11.5 Å². The molecule has 0 saturated heterocycles. The molecule has 0 unspecified atom stereocenters. The number of ether oxygens (including phenoxy) is 2. The van der Waals surface area contributed by atoms with Crippen molar-refractivity contribution in [3.8, 4) is 34.8 Å². The predicted octanol–water partition coefficient (Wildman–Crippen LogP) is 1.29. The van der Waals surface area contributed by atoms with E-state index >= 15 is 0 Å². The summed E-state index contributed by atoms with van der Waals surface area (Å²) in [6.45, 7) is 0. The van der Waals surface area contributed by atoms with Crippen LogP contribution in [0.15, 0.2) is 16.9 Å². The summed E-state index contributed by atoms with van der Waals surface area (Å²) < 4.78 is 10.1. The number of hydrogen-bond donors (Lipinski definition) is 2. The molecule has 0 amide bonds. The molecule has 1 aromatic heterocycles. The van der Waals surface area contributed by atoms with Gasteiger partial charge in [-0.1, -0.05) is 0 Å². The Hall–Kier alpha value is -4.05. The lowest BCUT2D eigenvalue weighted by Gasteiger charge is -2.14. The Balaban J connectivity index is 3.18. The van der Waals surface area contributed by atoms with Crippen LogP contribution in [0.4, 0.5) is 11.5 Å². The molecule has 2 rings (SSSR count). The van der Waals surface area contributed by atoms with E-state index in [1.165, 1.54) is 26.4 Å². The lowest BCUT2D eigenvalue weighted by Crippen LogP contribution is -2.17. The van der Waals surface area contributed by atoms with Crippen molar-refractivity contribution in [2.24, 2.45) is 0 Å². The van der Waals surface area contributed by atoms with Crippen molar-refractivity contribution < 1.29 is 14.4 Å². The van der Waals surface area contributed by atoms with E-state index in [9.17, 15) is 25.4 Å². The highest BCUT2D eigenvalue weighted by Crippen LogP contribution is 2.46. The summed E-state index contributed by atoms with van der Waals surface area (Å²) in [6.07, 6.45) is 0. The van der Waals surface area contributed by atoms with E-state index in [-0.39, 0.29) is 34.0 Å². The van der Waals surface area contributed by atoms with Crippen LogP contribution in [-0.4, -0.2) is 24.1 Å². The number of anilines is 1. The number of nitrogen functional groups attached to an aromatic ring is 1. The molecule has 0 aliphatic carbocycles. The molecule has 0 aliphatic heterocycles. The lowest BCUT2D eigenvalue weighted by atomic mass is 9.94. The zero-order chi connectivity index (χ0) is 18.7. The average molecular weight is 341 g/mol. The minimum absolute atomic E-state index is 0.0227. The zero-order valence-corrected chi connectivity index (χ0v) is 13.1. The number of nitrogens with zero attached hydrogens (tertiary/aromatic N) is 3. The fraction of sp³-hybridized carbons (Fsp3) is 0.133. The molecule has 0 radical (unpaired) electrons. The molecule has 2 aromatic rings.